The first-order valence-electron chi connectivity index (χ1n) is 9.01. The van der Waals surface area contributed by atoms with E-state index < -0.39 is 0 Å². The summed E-state index contributed by atoms with van der Waals surface area (Å²) in [6, 6.07) is 13.4. The van der Waals surface area contributed by atoms with Gasteiger partial charge in [-0.05, 0) is 48.2 Å². The van der Waals surface area contributed by atoms with Crippen LogP contribution in [0.2, 0.25) is 0 Å². The minimum Gasteiger partial charge on any atom is -0.497 e. The molecular formula is C22H26N2O3. The molecule has 0 aliphatic heterocycles. The van der Waals surface area contributed by atoms with E-state index >= 15 is 0 Å². The zero-order valence-corrected chi connectivity index (χ0v) is 16.0. The van der Waals surface area contributed by atoms with Crippen molar-refractivity contribution in [3.63, 3.8) is 0 Å². The average molecular weight is 366 g/mol. The summed E-state index contributed by atoms with van der Waals surface area (Å²) in [5.41, 5.74) is 3.91. The predicted octanol–water partition coefficient (Wildman–Crippen LogP) is 3.72. The molecule has 0 heterocycles. The Bertz CT molecular complexity index is 811. The van der Waals surface area contributed by atoms with Gasteiger partial charge in [0, 0.05) is 24.7 Å². The van der Waals surface area contributed by atoms with Gasteiger partial charge in [-0.3, -0.25) is 9.59 Å². The third kappa shape index (κ3) is 6.29. The zero-order valence-electron chi connectivity index (χ0n) is 16.0. The fourth-order valence-corrected chi connectivity index (χ4v) is 2.65. The van der Waals surface area contributed by atoms with Gasteiger partial charge >= 0.3 is 0 Å². The smallest absolute Gasteiger partial charge is 0.244 e. The number of para-hydroxylation sites is 1. The fourth-order valence-electron chi connectivity index (χ4n) is 2.65. The Kier molecular flexibility index (Phi) is 7.62. The highest BCUT2D eigenvalue weighted by Crippen LogP contribution is 2.21. The highest BCUT2D eigenvalue weighted by Gasteiger charge is 2.08. The van der Waals surface area contributed by atoms with Gasteiger partial charge in [0.15, 0.2) is 0 Å². The monoisotopic (exact) mass is 366 g/mol. The molecule has 2 aromatic rings. The van der Waals surface area contributed by atoms with E-state index in [4.69, 9.17) is 4.74 Å². The molecule has 0 unspecified atom stereocenters. The van der Waals surface area contributed by atoms with E-state index in [1.165, 1.54) is 6.08 Å². The molecule has 5 heteroatoms. The molecule has 0 atom stereocenters. The molecule has 0 aliphatic carbocycles. The summed E-state index contributed by atoms with van der Waals surface area (Å²) in [5.74, 6) is 0.421. The van der Waals surface area contributed by atoms with Crippen molar-refractivity contribution in [3.8, 4) is 5.75 Å². The molecule has 0 spiro atoms. The highest BCUT2D eigenvalue weighted by molar-refractivity contribution is 5.94. The topological polar surface area (TPSA) is 67.4 Å². The number of hydrogen-bond donors (Lipinski definition) is 2. The van der Waals surface area contributed by atoms with Crippen LogP contribution in [0.15, 0.2) is 48.5 Å². The number of hydrogen-bond acceptors (Lipinski definition) is 3. The average Bonchev–Trinajstić information content (AvgIpc) is 2.68. The third-order valence-corrected chi connectivity index (χ3v) is 4.20. The number of ether oxygens (including phenoxy) is 1. The Hall–Kier alpha value is -3.08. The van der Waals surface area contributed by atoms with Crippen molar-refractivity contribution in [3.05, 3.63) is 65.2 Å². The fraction of sp³-hybridized carbons (Fsp3) is 0.273. The van der Waals surface area contributed by atoms with Crippen LogP contribution in [0.3, 0.4) is 0 Å². The van der Waals surface area contributed by atoms with Gasteiger partial charge in [-0.15, -0.1) is 0 Å². The summed E-state index contributed by atoms with van der Waals surface area (Å²) in [5, 5.41) is 5.68. The van der Waals surface area contributed by atoms with Gasteiger partial charge in [0.2, 0.25) is 11.8 Å². The molecular weight excluding hydrogens is 340 g/mol. The molecule has 2 aromatic carbocycles. The quantitative estimate of drug-likeness (QED) is 0.700. The van der Waals surface area contributed by atoms with E-state index in [0.717, 1.165) is 34.5 Å². The van der Waals surface area contributed by atoms with Crippen molar-refractivity contribution in [1.82, 2.24) is 5.32 Å². The van der Waals surface area contributed by atoms with E-state index in [1.807, 2.05) is 49.4 Å². The molecule has 142 valence electrons. The van der Waals surface area contributed by atoms with Crippen LogP contribution in [-0.4, -0.2) is 25.5 Å². The molecule has 0 bridgehead atoms. The molecule has 0 saturated heterocycles. The molecule has 27 heavy (non-hydrogen) atoms. The lowest BCUT2D eigenvalue weighted by molar-refractivity contribution is -0.117. The van der Waals surface area contributed by atoms with Crippen LogP contribution >= 0.6 is 0 Å². The first-order chi connectivity index (χ1) is 13.0. The maximum atomic E-state index is 12.2. The second kappa shape index (κ2) is 10.2. The molecule has 0 fully saturated rings. The molecule has 0 aliphatic rings. The van der Waals surface area contributed by atoms with Crippen LogP contribution in [0.4, 0.5) is 5.69 Å². The molecule has 0 saturated carbocycles. The number of amides is 2. The maximum Gasteiger partial charge on any atom is 0.244 e. The highest BCUT2D eigenvalue weighted by atomic mass is 16.5. The number of aryl methyl sites for hydroxylation is 2. The van der Waals surface area contributed by atoms with Gasteiger partial charge in [-0.2, -0.15) is 0 Å². The Labute approximate surface area is 160 Å². The molecule has 2 N–H and O–H groups in total. The molecule has 5 nitrogen and oxygen atoms in total. The van der Waals surface area contributed by atoms with Crippen molar-refractivity contribution in [2.24, 2.45) is 0 Å². The van der Waals surface area contributed by atoms with Crippen LogP contribution in [0.25, 0.3) is 6.08 Å². The summed E-state index contributed by atoms with van der Waals surface area (Å²) in [7, 11) is 1.61. The number of rotatable bonds is 8. The summed E-state index contributed by atoms with van der Waals surface area (Å²) >= 11 is 0. The minimum atomic E-state index is -0.233. The van der Waals surface area contributed by atoms with Gasteiger partial charge in [0.05, 0.1) is 7.11 Å². The summed E-state index contributed by atoms with van der Waals surface area (Å²) in [4.78, 5) is 24.0. The molecule has 2 amide bonds. The SMILES string of the molecule is CCc1cccc(C)c1NC(=O)CCNC(=O)C=Cc1ccc(OC)cc1. The minimum absolute atomic E-state index is 0.113. The van der Waals surface area contributed by atoms with Gasteiger partial charge < -0.3 is 15.4 Å². The second-order valence-electron chi connectivity index (χ2n) is 6.16. The van der Waals surface area contributed by atoms with Crippen LogP contribution in [0.1, 0.15) is 30.0 Å². The van der Waals surface area contributed by atoms with Gasteiger partial charge in [0.25, 0.3) is 0 Å². The normalized spacial score (nSPS) is 10.6. The largest absolute Gasteiger partial charge is 0.497 e. The second-order valence-corrected chi connectivity index (χ2v) is 6.16. The summed E-state index contributed by atoms with van der Waals surface area (Å²) < 4.78 is 5.09. The van der Waals surface area contributed by atoms with E-state index in [9.17, 15) is 9.59 Å². The van der Waals surface area contributed by atoms with E-state index in [2.05, 4.69) is 17.6 Å². The van der Waals surface area contributed by atoms with Crippen molar-refractivity contribution in [1.29, 1.82) is 0 Å². The summed E-state index contributed by atoms with van der Waals surface area (Å²) in [6.45, 7) is 4.31. The molecule has 0 aromatic heterocycles. The Balaban J connectivity index is 1.79. The summed E-state index contributed by atoms with van der Waals surface area (Å²) in [6.07, 6.45) is 4.25. The number of carbonyl (C=O) groups is 2. The zero-order chi connectivity index (χ0) is 19.6. The number of benzene rings is 2. The van der Waals surface area contributed by atoms with E-state index in [1.54, 1.807) is 13.2 Å². The maximum absolute atomic E-state index is 12.2. The molecule has 2 rings (SSSR count). The Morgan fingerprint density at radius 3 is 2.52 bits per heavy atom. The first kappa shape index (κ1) is 20.2. The van der Waals surface area contributed by atoms with Crippen LogP contribution < -0.4 is 15.4 Å². The standard InChI is InChI=1S/C22H26N2O3/c1-4-18-7-5-6-16(2)22(18)24-21(26)14-15-23-20(25)13-10-17-8-11-19(27-3)12-9-17/h5-13H,4,14-15H2,1-3H3,(H,23,25)(H,24,26). The number of anilines is 1. The van der Waals surface area contributed by atoms with Gasteiger partial charge in [-0.25, -0.2) is 0 Å². The van der Waals surface area contributed by atoms with E-state index in [-0.39, 0.29) is 24.8 Å². The number of nitrogens with one attached hydrogen (secondary N) is 2. The van der Waals surface area contributed by atoms with Gasteiger partial charge in [-0.1, -0.05) is 37.3 Å². The van der Waals surface area contributed by atoms with Crippen LogP contribution in [-0.2, 0) is 16.0 Å². The van der Waals surface area contributed by atoms with Crippen LogP contribution in [0.5, 0.6) is 5.75 Å². The van der Waals surface area contributed by atoms with Crippen LogP contribution in [0, 0.1) is 6.92 Å². The first-order valence-corrected chi connectivity index (χ1v) is 9.01. The molecule has 0 radical (unpaired) electrons. The van der Waals surface area contributed by atoms with Crippen molar-refractivity contribution >= 4 is 23.6 Å². The predicted molar refractivity (Wildman–Crippen MR) is 109 cm³/mol. The lowest BCUT2D eigenvalue weighted by atomic mass is 10.1. The lowest BCUT2D eigenvalue weighted by Crippen LogP contribution is -2.26. The van der Waals surface area contributed by atoms with Crippen molar-refractivity contribution in [2.75, 3.05) is 19.0 Å². The number of carbonyl (C=O) groups excluding carboxylic acids is 2. The van der Waals surface area contributed by atoms with Crippen molar-refractivity contribution < 1.29 is 14.3 Å². The Morgan fingerprint density at radius 2 is 1.85 bits per heavy atom. The Morgan fingerprint density at radius 1 is 1.11 bits per heavy atom. The lowest BCUT2D eigenvalue weighted by Gasteiger charge is -2.13. The van der Waals surface area contributed by atoms with Crippen molar-refractivity contribution in [2.45, 2.75) is 26.7 Å². The van der Waals surface area contributed by atoms with E-state index in [0.29, 0.717) is 0 Å². The van der Waals surface area contributed by atoms with Gasteiger partial charge in [0.1, 0.15) is 5.75 Å². The third-order valence-electron chi connectivity index (χ3n) is 4.20. The number of methoxy groups -OCH3 is 1.